The first-order valence-electron chi connectivity index (χ1n) is 6.03. The van der Waals surface area contributed by atoms with E-state index in [-0.39, 0.29) is 12.8 Å². The van der Waals surface area contributed by atoms with Crippen molar-refractivity contribution >= 4 is 34.7 Å². The molecule has 2 amide bonds. The average Bonchev–Trinajstić information content (AvgIpc) is 2.40. The Morgan fingerprint density at radius 3 is 2.23 bits per heavy atom. The lowest BCUT2D eigenvalue weighted by Crippen LogP contribution is -2.51. The lowest BCUT2D eigenvalue weighted by Gasteiger charge is -2.17. The van der Waals surface area contributed by atoms with Gasteiger partial charge in [0.1, 0.15) is 18.6 Å². The summed E-state index contributed by atoms with van der Waals surface area (Å²) in [6, 6.07) is -2.52. The van der Waals surface area contributed by atoms with Gasteiger partial charge in [-0.05, 0) is 6.42 Å². The van der Waals surface area contributed by atoms with Gasteiger partial charge in [-0.2, -0.15) is 0 Å². The van der Waals surface area contributed by atoms with Crippen LogP contribution in [-0.4, -0.2) is 62.6 Å². The molecule has 0 aliphatic rings. The van der Waals surface area contributed by atoms with E-state index in [1.54, 1.807) is 0 Å². The molecule has 0 rings (SSSR count). The van der Waals surface area contributed by atoms with E-state index in [0.717, 1.165) is 0 Å². The zero-order valence-electron chi connectivity index (χ0n) is 11.5. The fourth-order valence-corrected chi connectivity index (χ4v) is 1.87. The van der Waals surface area contributed by atoms with Crippen LogP contribution < -0.4 is 21.5 Å². The molecule has 126 valence electrons. The van der Waals surface area contributed by atoms with E-state index >= 15 is 0 Å². The van der Waals surface area contributed by atoms with Crippen LogP contribution in [0.4, 0.5) is 0 Å². The Kier molecular flexibility index (Phi) is 8.89. The monoisotopic (exact) mass is 338 g/mol. The van der Waals surface area contributed by atoms with E-state index in [1.807, 2.05) is 5.32 Å². The fourth-order valence-electron chi connectivity index (χ4n) is 1.31. The lowest BCUT2D eigenvalue weighted by atomic mass is 10.1. The maximum absolute atomic E-state index is 11.7. The summed E-state index contributed by atoms with van der Waals surface area (Å²) in [7, 11) is -1.91. The Morgan fingerprint density at radius 2 is 1.77 bits per heavy atom. The number of rotatable bonds is 10. The second-order valence-electron chi connectivity index (χ2n) is 4.26. The number of carbonyl (C=O) groups excluding carboxylic acids is 2. The summed E-state index contributed by atoms with van der Waals surface area (Å²) in [6.45, 7) is -0.674. The van der Waals surface area contributed by atoms with Crippen LogP contribution in [0.1, 0.15) is 12.8 Å². The molecule has 0 heterocycles. The predicted octanol–water partition coefficient (Wildman–Crippen LogP) is -3.51. The van der Waals surface area contributed by atoms with Gasteiger partial charge in [0, 0.05) is 6.42 Å². The van der Waals surface area contributed by atoms with E-state index in [4.69, 9.17) is 21.1 Å². The maximum atomic E-state index is 11.7. The van der Waals surface area contributed by atoms with Gasteiger partial charge in [-0.25, -0.2) is 4.21 Å². The van der Waals surface area contributed by atoms with Gasteiger partial charge in [0.2, 0.25) is 11.8 Å². The SMILES string of the molecule is N[C@@H](CCC(=O)N[C@@H](CS(N)=O)C(=O)NCC(=O)O)C(=O)O. The van der Waals surface area contributed by atoms with Crippen molar-refractivity contribution in [2.45, 2.75) is 24.9 Å². The molecule has 0 bridgehead atoms. The minimum absolute atomic E-state index is 0.156. The zero-order valence-corrected chi connectivity index (χ0v) is 12.3. The third kappa shape index (κ3) is 8.99. The molecule has 22 heavy (non-hydrogen) atoms. The Bertz CT molecular complexity index is 470. The number of aliphatic carboxylic acids is 2. The Labute approximate surface area is 128 Å². The quantitative estimate of drug-likeness (QED) is 0.235. The van der Waals surface area contributed by atoms with Crippen molar-refractivity contribution in [2.24, 2.45) is 10.9 Å². The van der Waals surface area contributed by atoms with Crippen LogP contribution in [0.25, 0.3) is 0 Å². The summed E-state index contributed by atoms with van der Waals surface area (Å²) in [6.07, 6.45) is -0.427. The van der Waals surface area contributed by atoms with E-state index in [0.29, 0.717) is 0 Å². The van der Waals surface area contributed by atoms with Crippen LogP contribution in [0.2, 0.25) is 0 Å². The van der Waals surface area contributed by atoms with Crippen LogP contribution in [0.15, 0.2) is 0 Å². The second kappa shape index (κ2) is 9.81. The summed E-state index contributed by atoms with van der Waals surface area (Å²) in [5.41, 5.74) is 5.22. The van der Waals surface area contributed by atoms with Gasteiger partial charge in [0.25, 0.3) is 0 Å². The molecule has 0 aromatic carbocycles. The smallest absolute Gasteiger partial charge is 0.322 e. The molecule has 11 nitrogen and oxygen atoms in total. The molecule has 12 heteroatoms. The fraction of sp³-hybridized carbons (Fsp3) is 0.600. The Balaban J connectivity index is 4.53. The number of carboxylic acid groups (broad SMARTS) is 2. The number of carbonyl (C=O) groups is 4. The molecule has 0 saturated heterocycles. The van der Waals surface area contributed by atoms with Gasteiger partial charge in [0.05, 0.1) is 16.7 Å². The van der Waals surface area contributed by atoms with Crippen molar-refractivity contribution in [3.63, 3.8) is 0 Å². The third-order valence-corrected chi connectivity index (χ3v) is 3.06. The van der Waals surface area contributed by atoms with Crippen LogP contribution in [0, 0.1) is 0 Å². The minimum atomic E-state index is -1.91. The topological polar surface area (TPSA) is 202 Å². The number of amides is 2. The van der Waals surface area contributed by atoms with Gasteiger partial charge in [0.15, 0.2) is 0 Å². The van der Waals surface area contributed by atoms with Crippen molar-refractivity contribution in [3.05, 3.63) is 0 Å². The molecular weight excluding hydrogens is 320 g/mol. The van der Waals surface area contributed by atoms with Crippen molar-refractivity contribution in [2.75, 3.05) is 12.3 Å². The molecule has 0 aromatic rings. The van der Waals surface area contributed by atoms with E-state index in [1.165, 1.54) is 0 Å². The maximum Gasteiger partial charge on any atom is 0.322 e. The normalized spacial score (nSPS) is 14.5. The molecule has 1 unspecified atom stereocenters. The molecule has 0 spiro atoms. The summed E-state index contributed by atoms with van der Waals surface area (Å²) >= 11 is 0. The highest BCUT2D eigenvalue weighted by molar-refractivity contribution is 7.82. The highest BCUT2D eigenvalue weighted by Crippen LogP contribution is 1.97. The molecule has 3 atom stereocenters. The molecule has 0 aliphatic heterocycles. The second-order valence-corrected chi connectivity index (χ2v) is 5.36. The van der Waals surface area contributed by atoms with Crippen molar-refractivity contribution in [1.82, 2.24) is 10.6 Å². The van der Waals surface area contributed by atoms with E-state index in [2.05, 4.69) is 5.32 Å². The van der Waals surface area contributed by atoms with E-state index < -0.39 is 59.1 Å². The van der Waals surface area contributed by atoms with Crippen LogP contribution >= 0.6 is 0 Å². The standard InChI is InChI=1S/C10H18N4O7S/c11-5(10(19)20)1-2-7(15)14-6(4-22(12)21)9(18)13-3-8(16)17/h5-6H,1-4,11-12H2,(H,13,18)(H,14,15)(H,16,17)(H,19,20)/t5-,6-,22?/m0/s1. The number of nitrogens with two attached hydrogens (primary N) is 2. The zero-order chi connectivity index (χ0) is 17.3. The number of hydrogen-bond donors (Lipinski definition) is 6. The number of nitrogens with one attached hydrogen (secondary N) is 2. The molecule has 0 aromatic heterocycles. The number of carboxylic acids is 2. The highest BCUT2D eigenvalue weighted by Gasteiger charge is 2.23. The summed E-state index contributed by atoms with van der Waals surface area (Å²) in [5, 5.41) is 26.3. The molecule has 0 saturated carbocycles. The molecule has 0 fully saturated rings. The van der Waals surface area contributed by atoms with Gasteiger partial charge in [-0.1, -0.05) is 0 Å². The summed E-state index contributed by atoms with van der Waals surface area (Å²) < 4.78 is 11.0. The Morgan fingerprint density at radius 1 is 1.18 bits per heavy atom. The van der Waals surface area contributed by atoms with Gasteiger partial charge >= 0.3 is 11.9 Å². The summed E-state index contributed by atoms with van der Waals surface area (Å²) in [5.74, 6) is -4.54. The van der Waals surface area contributed by atoms with Crippen LogP contribution in [-0.2, 0) is 30.2 Å². The highest BCUT2D eigenvalue weighted by atomic mass is 32.2. The van der Waals surface area contributed by atoms with Gasteiger partial charge in [-0.3, -0.25) is 24.3 Å². The van der Waals surface area contributed by atoms with Crippen molar-refractivity contribution < 1.29 is 33.6 Å². The minimum Gasteiger partial charge on any atom is -0.480 e. The number of hydrogen-bond acceptors (Lipinski definition) is 6. The van der Waals surface area contributed by atoms with Crippen LogP contribution in [0.5, 0.6) is 0 Å². The third-order valence-electron chi connectivity index (χ3n) is 2.40. The van der Waals surface area contributed by atoms with Crippen LogP contribution in [0.3, 0.4) is 0 Å². The lowest BCUT2D eigenvalue weighted by molar-refractivity contribution is -0.139. The van der Waals surface area contributed by atoms with Gasteiger partial charge in [-0.15, -0.1) is 0 Å². The Hall–Kier alpha value is -2.05. The molecular formula is C10H18N4O7S. The predicted molar refractivity (Wildman–Crippen MR) is 74.6 cm³/mol. The first-order valence-corrected chi connectivity index (χ1v) is 7.41. The largest absolute Gasteiger partial charge is 0.480 e. The van der Waals surface area contributed by atoms with Gasteiger partial charge < -0.3 is 26.6 Å². The first kappa shape index (κ1) is 19.9. The average molecular weight is 338 g/mol. The first-order chi connectivity index (χ1) is 10.1. The molecule has 0 aliphatic carbocycles. The summed E-state index contributed by atoms with van der Waals surface area (Å²) in [4.78, 5) is 44.1. The van der Waals surface area contributed by atoms with Crippen molar-refractivity contribution in [1.29, 1.82) is 0 Å². The van der Waals surface area contributed by atoms with Crippen molar-refractivity contribution in [3.8, 4) is 0 Å². The van der Waals surface area contributed by atoms with E-state index in [9.17, 15) is 23.4 Å². The molecule has 8 N–H and O–H groups in total. The molecule has 0 radical (unpaired) electrons.